The van der Waals surface area contributed by atoms with E-state index < -0.39 is 9.52 Å². The third-order valence-corrected chi connectivity index (χ3v) is 11.1. The molecule has 2 aromatic carbocycles. The van der Waals surface area contributed by atoms with Crippen LogP contribution in [0.3, 0.4) is 0 Å². The second-order valence-corrected chi connectivity index (χ2v) is 11.7. The van der Waals surface area contributed by atoms with Gasteiger partial charge in [0.05, 0.1) is 9.52 Å². The largest absolute Gasteiger partial charge is 0.0981 e. The Bertz CT molecular complexity index is 1110. The van der Waals surface area contributed by atoms with E-state index in [1.165, 1.54) is 23.1 Å². The Balaban J connectivity index is 1.49. The second kappa shape index (κ2) is 7.34. The Morgan fingerprint density at radius 1 is 0.897 bits per heavy atom. The van der Waals surface area contributed by atoms with Gasteiger partial charge in [-0.1, -0.05) is 101 Å². The number of allylic oxidation sites excluding steroid dienone is 7. The lowest BCUT2D eigenvalue weighted by molar-refractivity contribution is 0.893. The first-order valence-electron chi connectivity index (χ1n) is 10.7. The van der Waals surface area contributed by atoms with Crippen LogP contribution in [0, 0.1) is 5.92 Å². The van der Waals surface area contributed by atoms with E-state index in [0.717, 1.165) is 0 Å². The second-order valence-electron chi connectivity index (χ2n) is 8.57. The van der Waals surface area contributed by atoms with Gasteiger partial charge in [0.15, 0.2) is 0 Å². The van der Waals surface area contributed by atoms with Gasteiger partial charge in [0.2, 0.25) is 0 Å². The molecule has 2 aliphatic carbocycles. The normalized spacial score (nSPS) is 23.2. The maximum absolute atomic E-state index is 2.56. The van der Waals surface area contributed by atoms with Gasteiger partial charge in [0, 0.05) is 10.8 Å². The minimum Gasteiger partial charge on any atom is -0.0981 e. The van der Waals surface area contributed by atoms with Crippen LogP contribution in [0.5, 0.6) is 0 Å². The zero-order chi connectivity index (χ0) is 20.1. The van der Waals surface area contributed by atoms with Crippen molar-refractivity contribution in [2.75, 3.05) is 0 Å². The predicted octanol–water partition coefficient (Wildman–Crippen LogP) is 7.20. The first-order chi connectivity index (χ1) is 14.1. The van der Waals surface area contributed by atoms with E-state index in [-0.39, 0.29) is 0 Å². The van der Waals surface area contributed by atoms with E-state index >= 15 is 0 Å². The molecule has 0 N–H and O–H groups in total. The number of rotatable bonds is 4. The van der Waals surface area contributed by atoms with Crippen LogP contribution in [-0.4, -0.2) is 9.52 Å². The van der Waals surface area contributed by atoms with Gasteiger partial charge < -0.3 is 0 Å². The minimum absolute atomic E-state index is 0.421. The van der Waals surface area contributed by atoms with Crippen LogP contribution in [0.2, 0.25) is 0 Å². The van der Waals surface area contributed by atoms with Crippen LogP contribution in [-0.2, 0) is 0 Å². The molecule has 0 saturated heterocycles. The molecule has 5 rings (SSSR count). The van der Waals surface area contributed by atoms with E-state index in [2.05, 4.69) is 88.4 Å². The molecule has 3 aliphatic rings. The lowest BCUT2D eigenvalue weighted by Gasteiger charge is -2.17. The fourth-order valence-electron chi connectivity index (χ4n) is 5.33. The molecule has 0 bridgehead atoms. The van der Waals surface area contributed by atoms with Gasteiger partial charge in [-0.15, -0.1) is 0 Å². The number of benzene rings is 2. The van der Waals surface area contributed by atoms with Crippen LogP contribution in [0.1, 0.15) is 50.8 Å². The summed E-state index contributed by atoms with van der Waals surface area (Å²) in [6.07, 6.45) is 6.20. The molecule has 0 nitrogen and oxygen atoms in total. The highest BCUT2D eigenvalue weighted by molar-refractivity contribution is 8.07. The fraction of sp³-hybridized carbons (Fsp3) is 0.259. The van der Waals surface area contributed by atoms with E-state index in [9.17, 15) is 0 Å². The molecule has 0 saturated carbocycles. The Labute approximate surface area is 181 Å². The fourth-order valence-corrected chi connectivity index (χ4v) is 9.18. The van der Waals surface area contributed by atoms with Gasteiger partial charge in [0.25, 0.3) is 0 Å². The first kappa shape index (κ1) is 19.0. The van der Waals surface area contributed by atoms with E-state index in [1.807, 2.05) is 11.8 Å². The highest BCUT2D eigenvalue weighted by Crippen LogP contribution is 2.54. The number of hydrogen-bond acceptors (Lipinski definition) is 1. The third-order valence-electron chi connectivity index (χ3n) is 6.92. The average molecular weight is 413 g/mol. The smallest absolute Gasteiger partial charge is 0.0675 e. The Hall–Kier alpha value is -2.03. The third kappa shape index (κ3) is 3.05. The average Bonchev–Trinajstić information content (AvgIpc) is 3.34. The minimum atomic E-state index is -0.421. The summed E-state index contributed by atoms with van der Waals surface area (Å²) >= 11 is 2.05. The summed E-state index contributed by atoms with van der Waals surface area (Å²) in [7, 11) is -0.421. The molecule has 0 amide bonds. The molecular weight excluding hydrogens is 384 g/mol. The van der Waals surface area contributed by atoms with Crippen molar-refractivity contribution in [3.05, 3.63) is 97.5 Å². The number of fused-ring (bicyclic) bond motifs is 2. The SMILES string of the molecule is CCC1=C(C)C2C(=CC([SiH2]C3C(C)=Cc4c(-c5ccccc5)cccc43)=C2C)S1. The van der Waals surface area contributed by atoms with Gasteiger partial charge in [-0.05, 0) is 59.9 Å². The molecule has 2 aromatic rings. The van der Waals surface area contributed by atoms with Gasteiger partial charge in [0.1, 0.15) is 0 Å². The highest BCUT2D eigenvalue weighted by atomic mass is 32.2. The van der Waals surface area contributed by atoms with Crippen molar-refractivity contribution in [3.63, 3.8) is 0 Å². The number of hydrogen-bond donors (Lipinski definition) is 0. The van der Waals surface area contributed by atoms with Crippen molar-refractivity contribution in [3.8, 4) is 11.1 Å². The van der Waals surface area contributed by atoms with Crippen LogP contribution in [0.15, 0.2) is 86.3 Å². The summed E-state index contributed by atoms with van der Waals surface area (Å²) in [5, 5.41) is 1.70. The van der Waals surface area contributed by atoms with Crippen LogP contribution in [0.25, 0.3) is 17.2 Å². The summed E-state index contributed by atoms with van der Waals surface area (Å²) in [6.45, 7) is 9.39. The Morgan fingerprint density at radius 2 is 1.69 bits per heavy atom. The molecule has 0 aromatic heterocycles. The zero-order valence-electron chi connectivity index (χ0n) is 17.8. The van der Waals surface area contributed by atoms with E-state index in [4.69, 9.17) is 0 Å². The molecule has 2 heteroatoms. The monoisotopic (exact) mass is 412 g/mol. The van der Waals surface area contributed by atoms with Crippen molar-refractivity contribution < 1.29 is 0 Å². The Morgan fingerprint density at radius 3 is 2.41 bits per heavy atom. The first-order valence-corrected chi connectivity index (χ1v) is 13.1. The molecule has 29 heavy (non-hydrogen) atoms. The number of thioether (sulfide) groups is 1. The summed E-state index contributed by atoms with van der Waals surface area (Å²) in [5.41, 5.74) is 11.2. The zero-order valence-corrected chi connectivity index (χ0v) is 20.0. The highest BCUT2D eigenvalue weighted by Gasteiger charge is 2.35. The van der Waals surface area contributed by atoms with Crippen molar-refractivity contribution >= 4 is 27.4 Å². The van der Waals surface area contributed by atoms with Crippen LogP contribution < -0.4 is 0 Å². The van der Waals surface area contributed by atoms with Crippen molar-refractivity contribution in [1.82, 2.24) is 0 Å². The molecule has 2 atom stereocenters. The maximum atomic E-state index is 2.56. The molecule has 1 aliphatic heterocycles. The Kier molecular flexibility index (Phi) is 4.80. The topological polar surface area (TPSA) is 0 Å². The van der Waals surface area contributed by atoms with Gasteiger partial charge in [-0.3, -0.25) is 0 Å². The van der Waals surface area contributed by atoms with Gasteiger partial charge in [-0.25, -0.2) is 0 Å². The molecule has 146 valence electrons. The van der Waals surface area contributed by atoms with E-state index in [1.54, 1.807) is 37.3 Å². The van der Waals surface area contributed by atoms with Gasteiger partial charge in [-0.2, -0.15) is 0 Å². The van der Waals surface area contributed by atoms with Crippen molar-refractivity contribution in [2.45, 2.75) is 39.7 Å². The van der Waals surface area contributed by atoms with Crippen molar-refractivity contribution in [2.24, 2.45) is 5.92 Å². The molecule has 0 radical (unpaired) electrons. The summed E-state index contributed by atoms with van der Waals surface area (Å²) in [4.78, 5) is 3.19. The predicted molar refractivity (Wildman–Crippen MR) is 132 cm³/mol. The van der Waals surface area contributed by atoms with E-state index in [0.29, 0.717) is 11.5 Å². The lowest BCUT2D eigenvalue weighted by Crippen LogP contribution is -2.11. The van der Waals surface area contributed by atoms with Gasteiger partial charge >= 0.3 is 0 Å². The summed E-state index contributed by atoms with van der Waals surface area (Å²) in [6, 6.07) is 17.8. The maximum Gasteiger partial charge on any atom is 0.0675 e. The molecular formula is C27H28SSi. The van der Waals surface area contributed by atoms with Crippen LogP contribution in [0.4, 0.5) is 0 Å². The quantitative estimate of drug-likeness (QED) is 0.478. The summed E-state index contributed by atoms with van der Waals surface area (Å²) in [5.74, 6) is 0.596. The molecule has 2 unspecified atom stereocenters. The summed E-state index contributed by atoms with van der Waals surface area (Å²) < 4.78 is 0. The van der Waals surface area contributed by atoms with Crippen LogP contribution >= 0.6 is 11.8 Å². The van der Waals surface area contributed by atoms with Crippen molar-refractivity contribution in [1.29, 1.82) is 0 Å². The lowest BCUT2D eigenvalue weighted by atomic mass is 9.95. The molecule has 0 spiro atoms. The standard InChI is InChI=1S/C27H28SSi/c1-5-23-17(3)26-18(4)25(15-24(26)28-23)29-27-16(2)14-22-20(12-9-13-21(22)27)19-10-7-6-8-11-19/h6-15,26-27H,5,29H2,1-4H3. The molecule has 1 heterocycles. The molecule has 0 fully saturated rings.